The van der Waals surface area contributed by atoms with Gasteiger partial charge in [0.2, 0.25) is 15.9 Å². The van der Waals surface area contributed by atoms with Gasteiger partial charge in [0.1, 0.15) is 11.6 Å². The van der Waals surface area contributed by atoms with Gasteiger partial charge in [-0.25, -0.2) is 17.2 Å². The number of halogens is 3. The molecule has 2 aromatic rings. The molecule has 0 bridgehead atoms. The van der Waals surface area contributed by atoms with Crippen LogP contribution in [0.25, 0.3) is 0 Å². The molecule has 0 spiro atoms. The van der Waals surface area contributed by atoms with Crippen LogP contribution in [0, 0.1) is 11.6 Å². The Hall–Kier alpha value is -2.03. The minimum absolute atomic E-state index is 0.173. The summed E-state index contributed by atoms with van der Waals surface area (Å²) >= 11 is 5.61. The molecular weight excluding hydrogens is 362 g/mol. The Labute approximate surface area is 142 Å². The molecule has 0 radical (unpaired) electrons. The summed E-state index contributed by atoms with van der Waals surface area (Å²) in [5.41, 5.74) is 0.222. The van der Waals surface area contributed by atoms with Crippen LogP contribution in [0.5, 0.6) is 0 Å². The molecule has 2 rings (SSSR count). The van der Waals surface area contributed by atoms with E-state index in [1.165, 1.54) is 19.1 Å². The van der Waals surface area contributed by atoms with Gasteiger partial charge in [0.15, 0.2) is 0 Å². The summed E-state index contributed by atoms with van der Waals surface area (Å²) in [5.74, 6) is -1.88. The molecule has 0 fully saturated rings. The minimum atomic E-state index is -3.99. The summed E-state index contributed by atoms with van der Waals surface area (Å²) in [4.78, 5) is 11.9. The lowest BCUT2D eigenvalue weighted by Gasteiger charge is -2.14. The number of nitrogens with one attached hydrogen (secondary N) is 2. The van der Waals surface area contributed by atoms with Crippen molar-refractivity contribution in [2.75, 3.05) is 5.32 Å². The highest BCUT2D eigenvalue weighted by Crippen LogP contribution is 2.19. The van der Waals surface area contributed by atoms with Crippen molar-refractivity contribution in [2.45, 2.75) is 17.9 Å². The Bertz CT molecular complexity index is 858. The number of rotatable bonds is 5. The van der Waals surface area contributed by atoms with Crippen LogP contribution in [-0.2, 0) is 14.8 Å². The fourth-order valence-corrected chi connectivity index (χ4v) is 3.18. The first-order chi connectivity index (χ1) is 11.2. The van der Waals surface area contributed by atoms with Gasteiger partial charge in [0.05, 0.1) is 16.0 Å². The highest BCUT2D eigenvalue weighted by Gasteiger charge is 2.22. The monoisotopic (exact) mass is 374 g/mol. The first-order valence-corrected chi connectivity index (χ1v) is 8.59. The van der Waals surface area contributed by atoms with E-state index in [2.05, 4.69) is 10.0 Å². The predicted octanol–water partition coefficient (Wildman–Crippen LogP) is 2.92. The molecule has 0 aromatic heterocycles. The van der Waals surface area contributed by atoms with E-state index in [1.807, 2.05) is 0 Å². The zero-order valence-corrected chi connectivity index (χ0v) is 14.0. The Morgan fingerprint density at radius 2 is 1.75 bits per heavy atom. The third-order valence-electron chi connectivity index (χ3n) is 3.04. The van der Waals surface area contributed by atoms with Gasteiger partial charge in [-0.05, 0) is 49.4 Å². The average molecular weight is 375 g/mol. The van der Waals surface area contributed by atoms with Crippen molar-refractivity contribution in [3.63, 3.8) is 0 Å². The van der Waals surface area contributed by atoms with Gasteiger partial charge in [-0.15, -0.1) is 0 Å². The quantitative estimate of drug-likeness (QED) is 0.845. The Morgan fingerprint density at radius 3 is 2.33 bits per heavy atom. The maximum Gasteiger partial charge on any atom is 0.242 e. The molecule has 0 saturated heterocycles. The van der Waals surface area contributed by atoms with Crippen LogP contribution < -0.4 is 10.0 Å². The Balaban J connectivity index is 2.07. The topological polar surface area (TPSA) is 75.3 Å². The average Bonchev–Trinajstić information content (AvgIpc) is 2.51. The van der Waals surface area contributed by atoms with Crippen molar-refractivity contribution >= 4 is 33.2 Å². The Kier molecular flexibility index (Phi) is 5.53. The van der Waals surface area contributed by atoms with Gasteiger partial charge in [0, 0.05) is 5.69 Å². The summed E-state index contributed by atoms with van der Waals surface area (Å²) in [7, 11) is -3.99. The third kappa shape index (κ3) is 4.50. The van der Waals surface area contributed by atoms with E-state index in [0.717, 1.165) is 30.3 Å². The molecule has 0 heterocycles. The van der Waals surface area contributed by atoms with Gasteiger partial charge in [-0.1, -0.05) is 11.6 Å². The van der Waals surface area contributed by atoms with Crippen LogP contribution in [-0.4, -0.2) is 20.4 Å². The van der Waals surface area contributed by atoms with E-state index >= 15 is 0 Å². The molecule has 1 unspecified atom stereocenters. The second-order valence-electron chi connectivity index (χ2n) is 4.92. The zero-order valence-electron chi connectivity index (χ0n) is 12.4. The van der Waals surface area contributed by atoms with E-state index in [-0.39, 0.29) is 15.6 Å². The molecule has 0 saturated carbocycles. The SMILES string of the molecule is CC(NS(=O)(=O)c1ccc(F)cc1)C(=O)Nc1ccc(F)c(Cl)c1. The van der Waals surface area contributed by atoms with Gasteiger partial charge < -0.3 is 5.32 Å². The number of amides is 1. The smallest absolute Gasteiger partial charge is 0.242 e. The second kappa shape index (κ2) is 7.25. The van der Waals surface area contributed by atoms with Crippen LogP contribution in [0.15, 0.2) is 47.4 Å². The van der Waals surface area contributed by atoms with Crippen molar-refractivity contribution in [1.82, 2.24) is 4.72 Å². The van der Waals surface area contributed by atoms with E-state index < -0.39 is 33.6 Å². The zero-order chi connectivity index (χ0) is 17.9. The molecule has 9 heteroatoms. The number of carbonyl (C=O) groups excluding carboxylic acids is 1. The van der Waals surface area contributed by atoms with E-state index in [0.29, 0.717) is 0 Å². The summed E-state index contributed by atoms with van der Waals surface area (Å²) in [5, 5.41) is 2.24. The largest absolute Gasteiger partial charge is 0.325 e. The molecule has 0 aliphatic carbocycles. The lowest BCUT2D eigenvalue weighted by Crippen LogP contribution is -2.41. The van der Waals surface area contributed by atoms with Crippen LogP contribution in [0.3, 0.4) is 0 Å². The Morgan fingerprint density at radius 1 is 1.12 bits per heavy atom. The van der Waals surface area contributed by atoms with E-state index in [4.69, 9.17) is 11.6 Å². The van der Waals surface area contributed by atoms with Gasteiger partial charge in [-0.3, -0.25) is 4.79 Å². The van der Waals surface area contributed by atoms with E-state index in [1.54, 1.807) is 0 Å². The molecule has 1 amide bonds. The molecule has 2 N–H and O–H groups in total. The number of carbonyl (C=O) groups is 1. The van der Waals surface area contributed by atoms with Gasteiger partial charge >= 0.3 is 0 Å². The molecule has 1 atom stereocenters. The van der Waals surface area contributed by atoms with Crippen molar-refractivity contribution < 1.29 is 22.0 Å². The van der Waals surface area contributed by atoms with Crippen molar-refractivity contribution in [1.29, 1.82) is 0 Å². The molecule has 24 heavy (non-hydrogen) atoms. The fourth-order valence-electron chi connectivity index (χ4n) is 1.79. The van der Waals surface area contributed by atoms with Crippen molar-refractivity contribution in [3.8, 4) is 0 Å². The molecule has 5 nitrogen and oxygen atoms in total. The number of hydrogen-bond acceptors (Lipinski definition) is 3. The first kappa shape index (κ1) is 18.3. The highest BCUT2D eigenvalue weighted by molar-refractivity contribution is 7.89. The predicted molar refractivity (Wildman–Crippen MR) is 86.2 cm³/mol. The van der Waals surface area contributed by atoms with Gasteiger partial charge in [0.25, 0.3) is 0 Å². The highest BCUT2D eigenvalue weighted by atomic mass is 35.5. The van der Waals surface area contributed by atoms with E-state index in [9.17, 15) is 22.0 Å². The molecular formula is C15H13ClF2N2O3S. The lowest BCUT2D eigenvalue weighted by molar-refractivity contribution is -0.117. The van der Waals surface area contributed by atoms with Crippen molar-refractivity contribution in [3.05, 3.63) is 59.1 Å². The maximum absolute atomic E-state index is 13.1. The summed E-state index contributed by atoms with van der Waals surface area (Å²) in [6.07, 6.45) is 0. The summed E-state index contributed by atoms with van der Waals surface area (Å²) < 4.78 is 52.3. The number of hydrogen-bond donors (Lipinski definition) is 2. The van der Waals surface area contributed by atoms with Crippen LogP contribution in [0.4, 0.5) is 14.5 Å². The van der Waals surface area contributed by atoms with Crippen molar-refractivity contribution in [2.24, 2.45) is 0 Å². The number of benzene rings is 2. The lowest BCUT2D eigenvalue weighted by atomic mass is 10.3. The number of sulfonamides is 1. The normalized spacial score (nSPS) is 12.7. The molecule has 0 aliphatic heterocycles. The number of anilines is 1. The molecule has 2 aromatic carbocycles. The first-order valence-electron chi connectivity index (χ1n) is 6.73. The maximum atomic E-state index is 13.1. The fraction of sp³-hybridized carbons (Fsp3) is 0.133. The minimum Gasteiger partial charge on any atom is -0.325 e. The summed E-state index contributed by atoms with van der Waals surface area (Å²) in [6, 6.07) is 6.62. The van der Waals surface area contributed by atoms with Crippen LogP contribution >= 0.6 is 11.6 Å². The standard InChI is InChI=1S/C15H13ClF2N2O3S/c1-9(15(21)19-11-4-7-14(18)13(16)8-11)20-24(22,23)12-5-2-10(17)3-6-12/h2-9,20H,1H3,(H,19,21). The van der Waals surface area contributed by atoms with Gasteiger partial charge in [-0.2, -0.15) is 4.72 Å². The molecule has 128 valence electrons. The van der Waals surface area contributed by atoms with Crippen LogP contribution in [0.1, 0.15) is 6.92 Å². The molecule has 0 aliphatic rings. The summed E-state index contributed by atoms with van der Waals surface area (Å²) in [6.45, 7) is 1.33. The third-order valence-corrected chi connectivity index (χ3v) is 4.88. The second-order valence-corrected chi connectivity index (χ2v) is 7.04. The van der Waals surface area contributed by atoms with Crippen LogP contribution in [0.2, 0.25) is 5.02 Å².